The summed E-state index contributed by atoms with van der Waals surface area (Å²) in [4.78, 5) is 30.6. The van der Waals surface area contributed by atoms with Gasteiger partial charge in [0.2, 0.25) is 0 Å². The maximum absolute atomic E-state index is 14.3. The van der Waals surface area contributed by atoms with E-state index in [9.17, 15) is 9.59 Å². The van der Waals surface area contributed by atoms with Crippen LogP contribution in [0.1, 0.15) is 40.9 Å². The first-order valence-electron chi connectivity index (χ1n) is 11.0. The number of para-hydroxylation sites is 1. The van der Waals surface area contributed by atoms with E-state index in [4.69, 9.17) is 11.6 Å². The maximum Gasteiger partial charge on any atom is 0.268 e. The molecular formula is C27H25ClN2O2S. The molecule has 0 aromatic heterocycles. The Bertz CT molecular complexity index is 1260. The zero-order chi connectivity index (χ0) is 23.4. The molecule has 33 heavy (non-hydrogen) atoms. The number of fused-ring (bicyclic) bond motifs is 2. The SMILES string of the molecule is Cc1ccccc1CN1C(=O)[C@@]2(SC(C)(C)CN2C(=O)c2ccc(Cl)cc2)c2ccccc21. The molecule has 2 aliphatic rings. The Balaban J connectivity index is 1.63. The standard InChI is InChI=1S/C27H25ClN2O2S/c1-18-8-4-5-9-20(18)16-29-23-11-7-6-10-22(23)27(25(29)32)30(17-26(2,3)33-27)24(31)19-12-14-21(28)15-13-19/h4-15H,16-17H2,1-3H3/t27-/m0/s1. The Labute approximate surface area is 203 Å². The largest absolute Gasteiger partial charge is 0.310 e. The number of benzene rings is 3. The van der Waals surface area contributed by atoms with Gasteiger partial charge in [-0.2, -0.15) is 0 Å². The first kappa shape index (κ1) is 22.1. The number of anilines is 1. The quantitative estimate of drug-likeness (QED) is 0.464. The topological polar surface area (TPSA) is 40.6 Å². The second kappa shape index (κ2) is 7.93. The Morgan fingerprint density at radius 1 is 1.00 bits per heavy atom. The molecule has 1 atom stereocenters. The van der Waals surface area contributed by atoms with Gasteiger partial charge in [-0.05, 0) is 62.2 Å². The summed E-state index contributed by atoms with van der Waals surface area (Å²) >= 11 is 7.62. The number of hydrogen-bond donors (Lipinski definition) is 0. The number of halogens is 1. The lowest BCUT2D eigenvalue weighted by atomic mass is 10.0. The van der Waals surface area contributed by atoms with E-state index in [1.54, 1.807) is 40.9 Å². The lowest BCUT2D eigenvalue weighted by Crippen LogP contribution is -2.50. The number of aryl methyl sites for hydroxylation is 1. The van der Waals surface area contributed by atoms with E-state index < -0.39 is 4.87 Å². The number of thioether (sulfide) groups is 1. The monoisotopic (exact) mass is 476 g/mol. The molecular weight excluding hydrogens is 452 g/mol. The van der Waals surface area contributed by atoms with Gasteiger partial charge in [-0.1, -0.05) is 54.1 Å². The zero-order valence-electron chi connectivity index (χ0n) is 18.8. The third-order valence-corrected chi connectivity index (χ3v) is 8.21. The van der Waals surface area contributed by atoms with E-state index in [0.29, 0.717) is 23.7 Å². The molecule has 5 rings (SSSR count). The van der Waals surface area contributed by atoms with Crippen LogP contribution in [0.15, 0.2) is 72.8 Å². The molecule has 1 saturated heterocycles. The highest BCUT2D eigenvalue weighted by molar-refractivity contribution is 8.02. The van der Waals surface area contributed by atoms with Gasteiger partial charge in [0.15, 0.2) is 4.87 Å². The van der Waals surface area contributed by atoms with Crippen LogP contribution in [0.3, 0.4) is 0 Å². The fourth-order valence-electron chi connectivity index (χ4n) is 4.82. The fraction of sp³-hybridized carbons (Fsp3) is 0.259. The Morgan fingerprint density at radius 2 is 1.67 bits per heavy atom. The molecule has 1 spiro atoms. The van der Waals surface area contributed by atoms with Crippen LogP contribution in [-0.4, -0.2) is 28.0 Å². The minimum atomic E-state index is -1.10. The van der Waals surface area contributed by atoms with Crippen LogP contribution in [0.4, 0.5) is 5.69 Å². The molecule has 0 N–H and O–H groups in total. The van der Waals surface area contributed by atoms with E-state index in [-0.39, 0.29) is 16.6 Å². The van der Waals surface area contributed by atoms with Gasteiger partial charge in [0.1, 0.15) is 0 Å². The van der Waals surface area contributed by atoms with E-state index >= 15 is 0 Å². The van der Waals surface area contributed by atoms with Gasteiger partial charge < -0.3 is 9.80 Å². The minimum Gasteiger partial charge on any atom is -0.310 e. The number of carbonyl (C=O) groups is 2. The molecule has 1 fully saturated rings. The van der Waals surface area contributed by atoms with Crippen molar-refractivity contribution in [3.63, 3.8) is 0 Å². The minimum absolute atomic E-state index is 0.0650. The highest BCUT2D eigenvalue weighted by Crippen LogP contribution is 2.60. The van der Waals surface area contributed by atoms with Crippen molar-refractivity contribution in [3.05, 3.63) is 100 Å². The predicted octanol–water partition coefficient (Wildman–Crippen LogP) is 6.02. The van der Waals surface area contributed by atoms with Gasteiger partial charge in [0, 0.05) is 27.4 Å². The van der Waals surface area contributed by atoms with Crippen molar-refractivity contribution in [2.75, 3.05) is 11.4 Å². The summed E-state index contributed by atoms with van der Waals surface area (Å²) in [6, 6.07) is 22.9. The molecule has 0 radical (unpaired) electrons. The van der Waals surface area contributed by atoms with E-state index in [1.807, 2.05) is 41.3 Å². The third-order valence-electron chi connectivity index (χ3n) is 6.36. The van der Waals surface area contributed by atoms with Crippen LogP contribution in [0.2, 0.25) is 5.02 Å². The van der Waals surface area contributed by atoms with Gasteiger partial charge in [0.25, 0.3) is 11.8 Å². The van der Waals surface area contributed by atoms with Crippen LogP contribution in [0, 0.1) is 6.92 Å². The van der Waals surface area contributed by atoms with E-state index in [2.05, 4.69) is 32.9 Å². The van der Waals surface area contributed by atoms with E-state index in [1.165, 1.54) is 0 Å². The Kier molecular flexibility index (Phi) is 5.30. The number of amides is 2. The number of hydrogen-bond acceptors (Lipinski definition) is 3. The van der Waals surface area contributed by atoms with Crippen LogP contribution in [-0.2, 0) is 16.2 Å². The molecule has 3 aromatic carbocycles. The van der Waals surface area contributed by atoms with Crippen LogP contribution < -0.4 is 4.90 Å². The molecule has 0 bridgehead atoms. The van der Waals surface area contributed by atoms with Crippen LogP contribution in [0.25, 0.3) is 0 Å². The number of nitrogens with zero attached hydrogens (tertiary/aromatic N) is 2. The van der Waals surface area contributed by atoms with Crippen LogP contribution in [0.5, 0.6) is 0 Å². The molecule has 168 valence electrons. The lowest BCUT2D eigenvalue weighted by molar-refractivity contribution is -0.123. The summed E-state index contributed by atoms with van der Waals surface area (Å²) < 4.78 is -0.288. The summed E-state index contributed by atoms with van der Waals surface area (Å²) in [5, 5.41) is 0.573. The Hall–Kier alpha value is -2.76. The average molecular weight is 477 g/mol. The smallest absolute Gasteiger partial charge is 0.268 e. The van der Waals surface area contributed by atoms with E-state index in [0.717, 1.165) is 22.4 Å². The van der Waals surface area contributed by atoms with Gasteiger partial charge in [0.05, 0.1) is 12.2 Å². The number of carbonyl (C=O) groups excluding carboxylic acids is 2. The van der Waals surface area contributed by atoms with Crippen molar-refractivity contribution in [1.29, 1.82) is 0 Å². The van der Waals surface area contributed by atoms with Crippen LogP contribution >= 0.6 is 23.4 Å². The highest BCUT2D eigenvalue weighted by atomic mass is 35.5. The number of rotatable bonds is 3. The lowest BCUT2D eigenvalue weighted by Gasteiger charge is -2.33. The fourth-order valence-corrected chi connectivity index (χ4v) is 6.68. The molecule has 0 saturated carbocycles. The van der Waals surface area contributed by atoms with Gasteiger partial charge in [-0.3, -0.25) is 9.59 Å². The van der Waals surface area contributed by atoms with Crippen molar-refractivity contribution in [2.24, 2.45) is 0 Å². The first-order valence-corrected chi connectivity index (χ1v) is 12.2. The molecule has 4 nitrogen and oxygen atoms in total. The molecule has 0 aliphatic carbocycles. The molecule has 2 heterocycles. The van der Waals surface area contributed by atoms with Gasteiger partial charge in [-0.15, -0.1) is 11.8 Å². The molecule has 0 unspecified atom stereocenters. The zero-order valence-corrected chi connectivity index (χ0v) is 20.4. The summed E-state index contributed by atoms with van der Waals surface area (Å²) in [7, 11) is 0. The third kappa shape index (κ3) is 3.54. The Morgan fingerprint density at radius 3 is 2.39 bits per heavy atom. The van der Waals surface area contributed by atoms with Crippen molar-refractivity contribution in [2.45, 2.75) is 36.9 Å². The second-order valence-corrected chi connectivity index (χ2v) is 11.6. The highest BCUT2D eigenvalue weighted by Gasteiger charge is 2.63. The molecule has 2 aliphatic heterocycles. The van der Waals surface area contributed by atoms with Crippen molar-refractivity contribution in [3.8, 4) is 0 Å². The summed E-state index contributed by atoms with van der Waals surface area (Å²) in [6.07, 6.45) is 0. The predicted molar refractivity (Wildman–Crippen MR) is 135 cm³/mol. The summed E-state index contributed by atoms with van der Waals surface area (Å²) in [5.74, 6) is -0.226. The normalized spacial score (nSPS) is 21.0. The van der Waals surface area contributed by atoms with Crippen molar-refractivity contribution in [1.82, 2.24) is 4.90 Å². The van der Waals surface area contributed by atoms with Crippen molar-refractivity contribution < 1.29 is 9.59 Å². The van der Waals surface area contributed by atoms with Gasteiger partial charge >= 0.3 is 0 Å². The van der Waals surface area contributed by atoms with Crippen molar-refractivity contribution >= 4 is 40.9 Å². The first-order chi connectivity index (χ1) is 15.7. The summed E-state index contributed by atoms with van der Waals surface area (Å²) in [5.41, 5.74) is 4.50. The summed E-state index contributed by atoms with van der Waals surface area (Å²) in [6.45, 7) is 7.18. The molecule has 6 heteroatoms. The maximum atomic E-state index is 14.3. The second-order valence-electron chi connectivity index (χ2n) is 9.24. The van der Waals surface area contributed by atoms with Gasteiger partial charge in [-0.25, -0.2) is 0 Å². The molecule has 3 aromatic rings. The molecule has 2 amide bonds. The average Bonchev–Trinajstić information content (AvgIpc) is 3.21.